The second-order valence-corrected chi connectivity index (χ2v) is 7.17. The number of alkyl carbamates (subject to hydrolysis) is 1. The van der Waals surface area contributed by atoms with Gasteiger partial charge in [-0.1, -0.05) is 34.1 Å². The van der Waals surface area contributed by atoms with E-state index in [0.29, 0.717) is 44.7 Å². The lowest BCUT2D eigenvalue weighted by atomic mass is 10.1. The van der Waals surface area contributed by atoms with Crippen molar-refractivity contribution in [3.8, 4) is 0 Å². The number of rotatable bonds is 18. The third kappa shape index (κ3) is 19.4. The minimum Gasteiger partial charge on any atom is -0.447 e. The Kier molecular flexibility index (Phi) is 18.0. The number of nitrogens with one attached hydrogen (secondary N) is 2. The molecule has 8 nitrogen and oxygen atoms in total. The van der Waals surface area contributed by atoms with Crippen molar-refractivity contribution >= 4 is 12.0 Å². The molecular formula is C20H40N2O6. The average Bonchev–Trinajstić information content (AvgIpc) is 2.65. The first kappa shape index (κ1) is 26.6. The SMILES string of the molecule is CCC(C)CCOCCOCCNC(=O)COCCOC(=O)NCCC(C)C. The van der Waals surface area contributed by atoms with E-state index in [2.05, 4.69) is 38.3 Å². The maximum Gasteiger partial charge on any atom is 0.407 e. The van der Waals surface area contributed by atoms with Gasteiger partial charge < -0.3 is 29.6 Å². The predicted molar refractivity (Wildman–Crippen MR) is 108 cm³/mol. The molecule has 0 fully saturated rings. The summed E-state index contributed by atoms with van der Waals surface area (Å²) in [6.45, 7) is 12.1. The Balaban J connectivity index is 3.32. The summed E-state index contributed by atoms with van der Waals surface area (Å²) in [4.78, 5) is 22.9. The first-order valence-corrected chi connectivity index (χ1v) is 10.4. The standard InChI is InChI=1S/C20H40N2O6/c1-5-18(4)7-10-25-12-13-26-11-9-21-19(23)16-27-14-15-28-20(24)22-8-6-17(2)3/h17-18H,5-16H2,1-4H3,(H,21,23)(H,22,24). The molecule has 0 aromatic rings. The van der Waals surface area contributed by atoms with E-state index in [-0.39, 0.29) is 25.7 Å². The third-order valence-corrected chi connectivity index (χ3v) is 4.08. The van der Waals surface area contributed by atoms with Crippen LogP contribution in [0.3, 0.4) is 0 Å². The van der Waals surface area contributed by atoms with E-state index in [4.69, 9.17) is 18.9 Å². The number of hydrogen-bond acceptors (Lipinski definition) is 6. The molecule has 166 valence electrons. The van der Waals surface area contributed by atoms with Gasteiger partial charge in [-0.05, 0) is 24.7 Å². The minimum atomic E-state index is -0.463. The highest BCUT2D eigenvalue weighted by Gasteiger charge is 2.04. The molecular weight excluding hydrogens is 364 g/mol. The molecule has 8 heteroatoms. The summed E-state index contributed by atoms with van der Waals surface area (Å²) in [5.41, 5.74) is 0. The highest BCUT2D eigenvalue weighted by atomic mass is 16.6. The largest absolute Gasteiger partial charge is 0.447 e. The summed E-state index contributed by atoms with van der Waals surface area (Å²) in [5.74, 6) is 0.993. The van der Waals surface area contributed by atoms with Crippen molar-refractivity contribution in [1.82, 2.24) is 10.6 Å². The molecule has 0 aromatic carbocycles. The van der Waals surface area contributed by atoms with Crippen LogP contribution in [0, 0.1) is 11.8 Å². The molecule has 1 atom stereocenters. The van der Waals surface area contributed by atoms with Crippen molar-refractivity contribution < 1.29 is 28.5 Å². The van der Waals surface area contributed by atoms with Crippen molar-refractivity contribution in [3.63, 3.8) is 0 Å². The second kappa shape index (κ2) is 19.0. The Bertz CT molecular complexity index is 393. The number of ether oxygens (including phenoxy) is 4. The first-order chi connectivity index (χ1) is 13.5. The Labute approximate surface area is 170 Å². The molecule has 2 N–H and O–H groups in total. The number of amides is 2. The van der Waals surface area contributed by atoms with Gasteiger partial charge in [0.15, 0.2) is 0 Å². The van der Waals surface area contributed by atoms with E-state index in [9.17, 15) is 9.59 Å². The maximum atomic E-state index is 11.6. The van der Waals surface area contributed by atoms with Crippen molar-refractivity contribution in [2.24, 2.45) is 11.8 Å². The number of carbonyl (C=O) groups excluding carboxylic acids is 2. The van der Waals surface area contributed by atoms with E-state index in [1.807, 2.05) is 0 Å². The Morgan fingerprint density at radius 1 is 0.786 bits per heavy atom. The van der Waals surface area contributed by atoms with Crippen LogP contribution in [0.1, 0.15) is 47.0 Å². The van der Waals surface area contributed by atoms with Crippen LogP contribution in [-0.4, -0.2) is 71.3 Å². The third-order valence-electron chi connectivity index (χ3n) is 4.08. The van der Waals surface area contributed by atoms with Gasteiger partial charge in [0.25, 0.3) is 0 Å². The molecule has 0 saturated carbocycles. The molecule has 0 aliphatic heterocycles. The van der Waals surface area contributed by atoms with Gasteiger partial charge in [0.2, 0.25) is 5.91 Å². The van der Waals surface area contributed by atoms with E-state index >= 15 is 0 Å². The number of hydrogen-bond donors (Lipinski definition) is 2. The fourth-order valence-corrected chi connectivity index (χ4v) is 2.00. The van der Waals surface area contributed by atoms with Crippen LogP contribution >= 0.6 is 0 Å². The van der Waals surface area contributed by atoms with Crippen LogP contribution in [0.15, 0.2) is 0 Å². The summed E-state index contributed by atoms with van der Waals surface area (Å²) in [6.07, 6.45) is 2.68. The van der Waals surface area contributed by atoms with Gasteiger partial charge in [-0.2, -0.15) is 0 Å². The van der Waals surface area contributed by atoms with Gasteiger partial charge in [0, 0.05) is 19.7 Å². The summed E-state index contributed by atoms with van der Waals surface area (Å²) < 4.78 is 21.0. The molecule has 2 amide bonds. The fourth-order valence-electron chi connectivity index (χ4n) is 2.00. The number of carbonyl (C=O) groups is 2. The Morgan fingerprint density at radius 3 is 2.14 bits per heavy atom. The van der Waals surface area contributed by atoms with Crippen LogP contribution in [0.5, 0.6) is 0 Å². The van der Waals surface area contributed by atoms with E-state index in [1.165, 1.54) is 6.42 Å². The van der Waals surface area contributed by atoms with Crippen LogP contribution in [0.25, 0.3) is 0 Å². The lowest BCUT2D eigenvalue weighted by Crippen LogP contribution is -2.31. The van der Waals surface area contributed by atoms with E-state index in [0.717, 1.165) is 19.4 Å². The minimum absolute atomic E-state index is 0.0724. The molecule has 0 rings (SSSR count). The highest BCUT2D eigenvalue weighted by molar-refractivity contribution is 5.77. The summed E-state index contributed by atoms with van der Waals surface area (Å²) >= 11 is 0. The highest BCUT2D eigenvalue weighted by Crippen LogP contribution is 2.05. The van der Waals surface area contributed by atoms with E-state index in [1.54, 1.807) is 0 Å². The Morgan fingerprint density at radius 2 is 1.46 bits per heavy atom. The van der Waals surface area contributed by atoms with Crippen LogP contribution in [0.4, 0.5) is 4.79 Å². The van der Waals surface area contributed by atoms with Gasteiger partial charge in [0.1, 0.15) is 13.2 Å². The molecule has 28 heavy (non-hydrogen) atoms. The van der Waals surface area contributed by atoms with E-state index < -0.39 is 6.09 Å². The van der Waals surface area contributed by atoms with Crippen molar-refractivity contribution in [3.05, 3.63) is 0 Å². The average molecular weight is 405 g/mol. The van der Waals surface area contributed by atoms with Gasteiger partial charge in [0.05, 0.1) is 26.4 Å². The van der Waals surface area contributed by atoms with Crippen molar-refractivity contribution in [2.45, 2.75) is 47.0 Å². The molecule has 0 bridgehead atoms. The summed E-state index contributed by atoms with van der Waals surface area (Å²) in [7, 11) is 0. The monoisotopic (exact) mass is 404 g/mol. The van der Waals surface area contributed by atoms with Gasteiger partial charge in [-0.25, -0.2) is 4.79 Å². The normalized spacial score (nSPS) is 12.0. The van der Waals surface area contributed by atoms with Crippen molar-refractivity contribution in [2.75, 3.05) is 59.3 Å². The lowest BCUT2D eigenvalue weighted by molar-refractivity contribution is -0.126. The molecule has 0 aromatic heterocycles. The Hall–Kier alpha value is -1.38. The zero-order chi connectivity index (χ0) is 21.0. The molecule has 0 aliphatic carbocycles. The van der Waals surface area contributed by atoms with Gasteiger partial charge in [-0.15, -0.1) is 0 Å². The predicted octanol–water partition coefficient (Wildman–Crippen LogP) is 2.36. The summed E-state index contributed by atoms with van der Waals surface area (Å²) in [6, 6.07) is 0. The topological polar surface area (TPSA) is 95.1 Å². The fraction of sp³-hybridized carbons (Fsp3) is 0.900. The van der Waals surface area contributed by atoms with Gasteiger partial charge >= 0.3 is 6.09 Å². The molecule has 0 heterocycles. The zero-order valence-electron chi connectivity index (χ0n) is 18.1. The van der Waals surface area contributed by atoms with Crippen LogP contribution in [-0.2, 0) is 23.7 Å². The van der Waals surface area contributed by atoms with Crippen LogP contribution in [0.2, 0.25) is 0 Å². The van der Waals surface area contributed by atoms with Crippen LogP contribution < -0.4 is 10.6 Å². The smallest absolute Gasteiger partial charge is 0.407 e. The molecule has 0 saturated heterocycles. The quantitative estimate of drug-likeness (QED) is 0.341. The first-order valence-electron chi connectivity index (χ1n) is 10.4. The molecule has 1 unspecified atom stereocenters. The molecule has 0 spiro atoms. The molecule has 0 aliphatic rings. The lowest BCUT2D eigenvalue weighted by Gasteiger charge is -2.10. The maximum absolute atomic E-state index is 11.6. The second-order valence-electron chi connectivity index (χ2n) is 7.17. The zero-order valence-corrected chi connectivity index (χ0v) is 18.1. The molecule has 0 radical (unpaired) electrons. The summed E-state index contributed by atoms with van der Waals surface area (Å²) in [5, 5.41) is 5.35. The van der Waals surface area contributed by atoms with Crippen molar-refractivity contribution in [1.29, 1.82) is 0 Å². The van der Waals surface area contributed by atoms with Gasteiger partial charge in [-0.3, -0.25) is 4.79 Å².